The van der Waals surface area contributed by atoms with Crippen molar-refractivity contribution < 1.29 is 17.9 Å². The minimum Gasteiger partial charge on any atom is -0.496 e. The van der Waals surface area contributed by atoms with E-state index in [2.05, 4.69) is 20.7 Å². The minimum atomic E-state index is -3.85. The van der Waals surface area contributed by atoms with E-state index in [-0.39, 0.29) is 16.5 Å². The predicted molar refractivity (Wildman–Crippen MR) is 108 cm³/mol. The smallest absolute Gasteiger partial charge is 0.261 e. The van der Waals surface area contributed by atoms with Gasteiger partial charge in [0.15, 0.2) is 0 Å². The lowest BCUT2D eigenvalue weighted by molar-refractivity contribution is 0.0725. The zero-order chi connectivity index (χ0) is 19.4. The first-order chi connectivity index (χ1) is 12.9. The summed E-state index contributed by atoms with van der Waals surface area (Å²) in [6.07, 6.45) is 3.06. The highest BCUT2D eigenvalue weighted by Crippen LogP contribution is 2.29. The van der Waals surface area contributed by atoms with Crippen molar-refractivity contribution in [3.63, 3.8) is 0 Å². The van der Waals surface area contributed by atoms with E-state index in [1.807, 2.05) is 0 Å². The summed E-state index contributed by atoms with van der Waals surface area (Å²) < 4.78 is 33.8. The van der Waals surface area contributed by atoms with Crippen LogP contribution in [0.2, 0.25) is 0 Å². The number of hydrogen-bond acceptors (Lipinski definition) is 4. The summed E-state index contributed by atoms with van der Waals surface area (Å²) in [4.78, 5) is 14.7. The van der Waals surface area contributed by atoms with E-state index in [1.54, 1.807) is 35.2 Å². The molecule has 6 nitrogen and oxygen atoms in total. The number of nitrogens with zero attached hydrogens (tertiary/aromatic N) is 1. The normalized spacial score (nSPS) is 14.7. The lowest BCUT2D eigenvalue weighted by atomic mass is 10.1. The van der Waals surface area contributed by atoms with Crippen LogP contribution < -0.4 is 9.46 Å². The number of sulfonamides is 1. The van der Waals surface area contributed by atoms with E-state index in [0.717, 1.165) is 19.3 Å². The molecule has 1 aliphatic heterocycles. The largest absolute Gasteiger partial charge is 0.496 e. The van der Waals surface area contributed by atoms with Crippen molar-refractivity contribution in [2.24, 2.45) is 0 Å². The minimum absolute atomic E-state index is 0.0791. The number of halogens is 1. The SMILES string of the molecule is COc1ccc(S(=O)(=O)Nc2ccccc2C(=O)N2CCCCC2)cc1Br. The molecule has 1 N–H and O–H groups in total. The first-order valence-corrected chi connectivity index (χ1v) is 10.9. The molecule has 0 saturated carbocycles. The van der Waals surface area contributed by atoms with Crippen LogP contribution in [0.4, 0.5) is 5.69 Å². The van der Waals surface area contributed by atoms with Gasteiger partial charge in [-0.3, -0.25) is 9.52 Å². The lowest BCUT2D eigenvalue weighted by Crippen LogP contribution is -2.36. The number of ether oxygens (including phenoxy) is 1. The molecule has 1 amide bonds. The molecule has 0 radical (unpaired) electrons. The van der Waals surface area contributed by atoms with Gasteiger partial charge in [0.05, 0.1) is 27.7 Å². The van der Waals surface area contributed by atoms with E-state index in [4.69, 9.17) is 4.74 Å². The molecule has 0 spiro atoms. The number of rotatable bonds is 5. The Bertz CT molecular complexity index is 940. The van der Waals surface area contributed by atoms with E-state index in [0.29, 0.717) is 28.9 Å². The molecule has 8 heteroatoms. The highest BCUT2D eigenvalue weighted by Gasteiger charge is 2.23. The number of methoxy groups -OCH3 is 1. The molecule has 27 heavy (non-hydrogen) atoms. The average molecular weight is 453 g/mol. The van der Waals surface area contributed by atoms with Crippen LogP contribution in [0, 0.1) is 0 Å². The first-order valence-electron chi connectivity index (χ1n) is 8.67. The number of amides is 1. The number of para-hydroxylation sites is 1. The number of benzene rings is 2. The number of nitrogens with one attached hydrogen (secondary N) is 1. The number of carbonyl (C=O) groups is 1. The highest BCUT2D eigenvalue weighted by molar-refractivity contribution is 9.10. The van der Waals surface area contributed by atoms with Crippen LogP contribution in [0.3, 0.4) is 0 Å². The number of piperidine rings is 1. The van der Waals surface area contributed by atoms with Gasteiger partial charge in [-0.25, -0.2) is 8.42 Å². The molecule has 0 unspecified atom stereocenters. The summed E-state index contributed by atoms with van der Waals surface area (Å²) in [5.41, 5.74) is 0.635. The van der Waals surface area contributed by atoms with Gasteiger partial charge in [-0.05, 0) is 65.5 Å². The molecule has 0 bridgehead atoms. The number of carbonyl (C=O) groups excluding carboxylic acids is 1. The number of hydrogen-bond donors (Lipinski definition) is 1. The third kappa shape index (κ3) is 4.44. The molecule has 1 fully saturated rings. The molecular formula is C19H21BrN2O4S. The quantitative estimate of drug-likeness (QED) is 0.746. The van der Waals surface area contributed by atoms with Crippen molar-refractivity contribution in [2.45, 2.75) is 24.2 Å². The molecule has 1 aliphatic rings. The van der Waals surface area contributed by atoms with Gasteiger partial charge < -0.3 is 9.64 Å². The van der Waals surface area contributed by atoms with E-state index in [9.17, 15) is 13.2 Å². The summed E-state index contributed by atoms with van der Waals surface area (Å²) in [5.74, 6) is 0.388. The number of anilines is 1. The molecule has 3 rings (SSSR count). The van der Waals surface area contributed by atoms with E-state index in [1.165, 1.54) is 19.2 Å². The second-order valence-corrected chi connectivity index (χ2v) is 8.84. The van der Waals surface area contributed by atoms with Gasteiger partial charge in [-0.1, -0.05) is 12.1 Å². The molecule has 0 atom stereocenters. The third-order valence-corrected chi connectivity index (χ3v) is 6.46. The fourth-order valence-electron chi connectivity index (χ4n) is 3.04. The standard InChI is InChI=1S/C19H21BrN2O4S/c1-26-18-10-9-14(13-16(18)20)27(24,25)21-17-8-4-3-7-15(17)19(23)22-11-5-2-6-12-22/h3-4,7-10,13,21H,2,5-6,11-12H2,1H3. The van der Waals surface area contributed by atoms with Gasteiger partial charge in [-0.15, -0.1) is 0 Å². The van der Waals surface area contributed by atoms with Crippen molar-refractivity contribution in [3.8, 4) is 5.75 Å². The topological polar surface area (TPSA) is 75.7 Å². The van der Waals surface area contributed by atoms with Gasteiger partial charge in [0.25, 0.3) is 15.9 Å². The summed E-state index contributed by atoms with van der Waals surface area (Å²) in [5, 5.41) is 0. The molecule has 2 aromatic carbocycles. The Labute approximate surface area is 167 Å². The fourth-order valence-corrected chi connectivity index (χ4v) is 4.84. The monoisotopic (exact) mass is 452 g/mol. The first kappa shape index (κ1) is 19.7. The maximum absolute atomic E-state index is 12.8. The van der Waals surface area contributed by atoms with E-state index < -0.39 is 10.0 Å². The van der Waals surface area contributed by atoms with Gasteiger partial charge in [0.2, 0.25) is 0 Å². The Balaban J connectivity index is 1.89. The highest BCUT2D eigenvalue weighted by atomic mass is 79.9. The van der Waals surface area contributed by atoms with E-state index >= 15 is 0 Å². The van der Waals surface area contributed by atoms with Crippen molar-refractivity contribution in [2.75, 3.05) is 24.9 Å². The van der Waals surface area contributed by atoms with Crippen LogP contribution in [-0.2, 0) is 10.0 Å². The van der Waals surface area contributed by atoms with Crippen LogP contribution in [0.25, 0.3) is 0 Å². The Kier molecular flexibility index (Phi) is 6.06. The molecule has 1 heterocycles. The van der Waals surface area contributed by atoms with Crippen molar-refractivity contribution in [3.05, 3.63) is 52.5 Å². The molecule has 0 aliphatic carbocycles. The third-order valence-electron chi connectivity index (χ3n) is 4.48. The molecule has 144 valence electrons. The van der Waals surface area contributed by atoms with Gasteiger partial charge in [-0.2, -0.15) is 0 Å². The number of likely N-dealkylation sites (tertiary alicyclic amines) is 1. The molecule has 0 aromatic heterocycles. The molecular weight excluding hydrogens is 432 g/mol. The summed E-state index contributed by atoms with van der Waals surface area (Å²) >= 11 is 3.30. The van der Waals surface area contributed by atoms with Crippen LogP contribution in [-0.4, -0.2) is 39.4 Å². The van der Waals surface area contributed by atoms with Crippen LogP contribution in [0.1, 0.15) is 29.6 Å². The zero-order valence-electron chi connectivity index (χ0n) is 14.9. The van der Waals surface area contributed by atoms with Gasteiger partial charge in [0.1, 0.15) is 5.75 Å². The van der Waals surface area contributed by atoms with Crippen LogP contribution in [0.5, 0.6) is 5.75 Å². The Morgan fingerprint density at radius 3 is 2.48 bits per heavy atom. The molecule has 2 aromatic rings. The van der Waals surface area contributed by atoms with Gasteiger partial charge in [0, 0.05) is 13.1 Å². The maximum atomic E-state index is 12.8. The van der Waals surface area contributed by atoms with Crippen molar-refractivity contribution in [1.82, 2.24) is 4.90 Å². The summed E-state index contributed by atoms with van der Waals surface area (Å²) in [7, 11) is -2.34. The fraction of sp³-hybridized carbons (Fsp3) is 0.316. The zero-order valence-corrected chi connectivity index (χ0v) is 17.3. The average Bonchev–Trinajstić information content (AvgIpc) is 2.68. The predicted octanol–water partition coefficient (Wildman–Crippen LogP) is 3.88. The second-order valence-electron chi connectivity index (χ2n) is 6.30. The Hall–Kier alpha value is -2.06. The Morgan fingerprint density at radius 1 is 1.11 bits per heavy atom. The Morgan fingerprint density at radius 2 is 1.81 bits per heavy atom. The second kappa shape index (κ2) is 8.31. The maximum Gasteiger partial charge on any atom is 0.261 e. The van der Waals surface area contributed by atoms with Crippen LogP contribution >= 0.6 is 15.9 Å². The summed E-state index contributed by atoms with van der Waals surface area (Å²) in [6.45, 7) is 1.40. The summed E-state index contributed by atoms with van der Waals surface area (Å²) in [6, 6.07) is 11.2. The van der Waals surface area contributed by atoms with Crippen LogP contribution in [0.15, 0.2) is 51.8 Å². The van der Waals surface area contributed by atoms with Gasteiger partial charge >= 0.3 is 0 Å². The lowest BCUT2D eigenvalue weighted by Gasteiger charge is -2.27. The van der Waals surface area contributed by atoms with Crippen molar-refractivity contribution in [1.29, 1.82) is 0 Å². The molecule has 1 saturated heterocycles. The van der Waals surface area contributed by atoms with Crippen molar-refractivity contribution >= 4 is 37.5 Å².